The Morgan fingerprint density at radius 1 is 0.929 bits per heavy atom. The van der Waals surface area contributed by atoms with Crippen LogP contribution in [-0.4, -0.2) is 7.11 Å². The van der Waals surface area contributed by atoms with Crippen molar-refractivity contribution in [2.45, 2.75) is 26.7 Å². The van der Waals surface area contributed by atoms with Gasteiger partial charge in [0.05, 0.1) is 12.1 Å². The Bertz CT molecular complexity index is 1000. The normalized spacial score (nSPS) is 11.0. The molecule has 0 spiro atoms. The molecule has 0 fully saturated rings. The van der Waals surface area contributed by atoms with Gasteiger partial charge in [-0.05, 0) is 36.6 Å². The molecule has 2 nitrogen and oxygen atoms in total. The lowest BCUT2D eigenvalue weighted by molar-refractivity contribution is 0.387. The summed E-state index contributed by atoms with van der Waals surface area (Å²) in [6.45, 7) is 5.61. The number of ether oxygens (including phenoxy) is 2. The molecule has 0 N–H and O–H groups in total. The summed E-state index contributed by atoms with van der Waals surface area (Å²) in [7, 11) is 1.39. The molecule has 0 aromatic heterocycles. The number of benzene rings is 3. The summed E-state index contributed by atoms with van der Waals surface area (Å²) in [6.07, 6.45) is 0. The summed E-state index contributed by atoms with van der Waals surface area (Å²) >= 11 is 6.35. The van der Waals surface area contributed by atoms with Gasteiger partial charge in [0.2, 0.25) is 0 Å². The van der Waals surface area contributed by atoms with Crippen molar-refractivity contribution in [3.63, 3.8) is 0 Å². The van der Waals surface area contributed by atoms with E-state index in [4.69, 9.17) is 21.1 Å². The highest BCUT2D eigenvalue weighted by Crippen LogP contribution is 2.46. The molecule has 0 bridgehead atoms. The molecule has 3 aromatic rings. The number of para-hydroxylation sites is 1. The van der Waals surface area contributed by atoms with Crippen LogP contribution in [0.25, 0.3) is 11.1 Å². The topological polar surface area (TPSA) is 18.5 Å². The molecule has 146 valence electrons. The zero-order valence-electron chi connectivity index (χ0n) is 16.1. The summed E-state index contributed by atoms with van der Waals surface area (Å²) in [5, 5.41) is -0.139. The molecular weight excluding hydrogens is 382 g/mol. The highest BCUT2D eigenvalue weighted by molar-refractivity contribution is 6.34. The predicted octanol–water partition coefficient (Wildman–Crippen LogP) is 7.52. The van der Waals surface area contributed by atoms with Crippen LogP contribution in [0.5, 0.6) is 17.2 Å². The summed E-state index contributed by atoms with van der Waals surface area (Å²) < 4.78 is 41.0. The fourth-order valence-electron chi connectivity index (χ4n) is 3.25. The van der Waals surface area contributed by atoms with Crippen molar-refractivity contribution in [3.05, 3.63) is 76.3 Å². The minimum Gasteiger partial charge on any atom is -0.494 e. The quantitative estimate of drug-likeness (QED) is 0.439. The Morgan fingerprint density at radius 2 is 1.61 bits per heavy atom. The summed E-state index contributed by atoms with van der Waals surface area (Å²) in [4.78, 5) is 0. The zero-order valence-corrected chi connectivity index (χ0v) is 16.9. The van der Waals surface area contributed by atoms with E-state index in [1.54, 1.807) is 25.1 Å². The smallest absolute Gasteiger partial charge is 0.173 e. The van der Waals surface area contributed by atoms with E-state index in [9.17, 15) is 4.39 Å². The monoisotopic (exact) mass is 402 g/mol. The van der Waals surface area contributed by atoms with Crippen LogP contribution < -0.4 is 9.47 Å². The molecule has 0 saturated carbocycles. The Labute approximate surface area is 168 Å². The van der Waals surface area contributed by atoms with Crippen molar-refractivity contribution in [3.8, 4) is 28.4 Å². The second-order valence-electron chi connectivity index (χ2n) is 6.80. The first-order valence-corrected chi connectivity index (χ1v) is 9.31. The molecule has 0 atom stereocenters. The number of halogens is 3. The van der Waals surface area contributed by atoms with E-state index in [0.29, 0.717) is 22.6 Å². The van der Waals surface area contributed by atoms with Gasteiger partial charge in [0.15, 0.2) is 11.6 Å². The second kappa shape index (κ2) is 8.19. The SMILES string of the molecule is COc1ccc(C)c(-c2c(Cl)c(F)cc(Oc3ccccc3)c2C(C)C)c1F. The van der Waals surface area contributed by atoms with Crippen molar-refractivity contribution in [1.82, 2.24) is 0 Å². The molecule has 3 aromatic carbocycles. The highest BCUT2D eigenvalue weighted by atomic mass is 35.5. The van der Waals surface area contributed by atoms with E-state index >= 15 is 4.39 Å². The lowest BCUT2D eigenvalue weighted by Gasteiger charge is -2.22. The first-order valence-electron chi connectivity index (χ1n) is 8.93. The fraction of sp³-hybridized carbons (Fsp3) is 0.217. The maximum atomic E-state index is 15.2. The molecule has 0 saturated heterocycles. The molecule has 0 aliphatic heterocycles. The van der Waals surface area contributed by atoms with Gasteiger partial charge in [0.25, 0.3) is 0 Å². The maximum absolute atomic E-state index is 15.2. The summed E-state index contributed by atoms with van der Waals surface area (Å²) in [5.41, 5.74) is 1.76. The first kappa shape index (κ1) is 20.2. The van der Waals surface area contributed by atoms with Gasteiger partial charge in [-0.15, -0.1) is 0 Å². The van der Waals surface area contributed by atoms with Crippen LogP contribution in [0.15, 0.2) is 48.5 Å². The number of rotatable bonds is 5. The van der Waals surface area contributed by atoms with Crippen LogP contribution in [0, 0.1) is 18.6 Å². The number of hydrogen-bond acceptors (Lipinski definition) is 2. The Morgan fingerprint density at radius 3 is 2.21 bits per heavy atom. The van der Waals surface area contributed by atoms with E-state index in [2.05, 4.69) is 0 Å². The first-order chi connectivity index (χ1) is 13.3. The third kappa shape index (κ3) is 3.69. The standard InChI is InChI=1S/C23H21ClF2O2/c1-13(2)19-18(28-15-8-6-5-7-9-15)12-16(25)22(24)21(19)20-14(3)10-11-17(27-4)23(20)26/h5-13H,1-4H3. The summed E-state index contributed by atoms with van der Waals surface area (Å²) in [5.74, 6) is -0.422. The predicted molar refractivity (Wildman–Crippen MR) is 109 cm³/mol. The average Bonchev–Trinajstić information content (AvgIpc) is 2.66. The molecule has 0 heterocycles. The van der Waals surface area contributed by atoms with E-state index in [-0.39, 0.29) is 27.8 Å². The molecule has 0 unspecified atom stereocenters. The molecule has 5 heteroatoms. The minimum atomic E-state index is -0.673. The van der Waals surface area contributed by atoms with Gasteiger partial charge in [-0.25, -0.2) is 8.78 Å². The van der Waals surface area contributed by atoms with E-state index in [1.165, 1.54) is 19.2 Å². The van der Waals surface area contributed by atoms with Crippen molar-refractivity contribution in [2.75, 3.05) is 7.11 Å². The number of methoxy groups -OCH3 is 1. The van der Waals surface area contributed by atoms with Crippen molar-refractivity contribution in [1.29, 1.82) is 0 Å². The van der Waals surface area contributed by atoms with Gasteiger partial charge in [-0.1, -0.05) is 49.7 Å². The van der Waals surface area contributed by atoms with Crippen LogP contribution in [0.1, 0.15) is 30.9 Å². The van der Waals surface area contributed by atoms with E-state index < -0.39 is 11.6 Å². The lowest BCUT2D eigenvalue weighted by Crippen LogP contribution is -2.04. The Hall–Kier alpha value is -2.59. The van der Waals surface area contributed by atoms with Gasteiger partial charge in [0.1, 0.15) is 17.3 Å². The number of hydrogen-bond donors (Lipinski definition) is 0. The largest absolute Gasteiger partial charge is 0.494 e. The molecule has 3 rings (SSSR count). The molecule has 0 aliphatic rings. The second-order valence-corrected chi connectivity index (χ2v) is 7.18. The number of aryl methyl sites for hydroxylation is 1. The van der Waals surface area contributed by atoms with Crippen LogP contribution in [-0.2, 0) is 0 Å². The molecular formula is C23H21ClF2O2. The van der Waals surface area contributed by atoms with Crippen LogP contribution in [0.4, 0.5) is 8.78 Å². The van der Waals surface area contributed by atoms with Crippen LogP contribution >= 0.6 is 11.6 Å². The molecule has 0 radical (unpaired) electrons. The Balaban J connectivity index is 2.33. The summed E-state index contributed by atoms with van der Waals surface area (Å²) in [6, 6.07) is 13.6. The van der Waals surface area contributed by atoms with Gasteiger partial charge < -0.3 is 9.47 Å². The average molecular weight is 403 g/mol. The Kier molecular flexibility index (Phi) is 5.90. The lowest BCUT2D eigenvalue weighted by atomic mass is 9.89. The van der Waals surface area contributed by atoms with Gasteiger partial charge in [0, 0.05) is 22.8 Å². The molecule has 0 aliphatic carbocycles. The van der Waals surface area contributed by atoms with Crippen molar-refractivity contribution >= 4 is 11.6 Å². The van der Waals surface area contributed by atoms with Gasteiger partial charge in [-0.2, -0.15) is 0 Å². The third-order valence-corrected chi connectivity index (χ3v) is 4.92. The highest BCUT2D eigenvalue weighted by Gasteiger charge is 2.26. The fourth-order valence-corrected chi connectivity index (χ4v) is 3.50. The zero-order chi connectivity index (χ0) is 20.4. The van der Waals surface area contributed by atoms with Crippen molar-refractivity contribution < 1.29 is 18.3 Å². The minimum absolute atomic E-state index is 0.0705. The molecule has 28 heavy (non-hydrogen) atoms. The van der Waals surface area contributed by atoms with E-state index in [1.807, 2.05) is 32.0 Å². The maximum Gasteiger partial charge on any atom is 0.173 e. The van der Waals surface area contributed by atoms with Gasteiger partial charge in [-0.3, -0.25) is 0 Å². The molecule has 0 amide bonds. The van der Waals surface area contributed by atoms with Gasteiger partial charge >= 0.3 is 0 Å². The third-order valence-electron chi connectivity index (χ3n) is 4.55. The van der Waals surface area contributed by atoms with Crippen LogP contribution in [0.2, 0.25) is 5.02 Å². The van der Waals surface area contributed by atoms with Crippen LogP contribution in [0.3, 0.4) is 0 Å². The van der Waals surface area contributed by atoms with E-state index in [0.717, 1.165) is 0 Å². The van der Waals surface area contributed by atoms with Crippen molar-refractivity contribution in [2.24, 2.45) is 0 Å².